The fourth-order valence-electron chi connectivity index (χ4n) is 3.73. The Labute approximate surface area is 128 Å². The van der Waals surface area contributed by atoms with Crippen molar-refractivity contribution in [1.82, 2.24) is 14.8 Å². The van der Waals surface area contributed by atoms with Gasteiger partial charge < -0.3 is 9.64 Å². The number of hydrogen-bond acceptors (Lipinski definition) is 5. The van der Waals surface area contributed by atoms with Crippen molar-refractivity contribution in [3.05, 3.63) is 15.6 Å². The molecular formula is C15H21N3O2S. The van der Waals surface area contributed by atoms with Crippen LogP contribution in [0.3, 0.4) is 0 Å². The standard InChI is InChI=1S/C15H21N3O2S/c1-17-9-15(20-14(17)19)6-7-18(10-15)8-13-16-11-4-2-3-5-12(11)21-13/h2-10H2,1H3/t15-/m1/s1. The van der Waals surface area contributed by atoms with E-state index in [9.17, 15) is 4.79 Å². The van der Waals surface area contributed by atoms with Crippen molar-refractivity contribution in [3.63, 3.8) is 0 Å². The van der Waals surface area contributed by atoms with Crippen molar-refractivity contribution in [1.29, 1.82) is 0 Å². The molecule has 1 spiro atoms. The molecule has 0 aromatic carbocycles. The van der Waals surface area contributed by atoms with Gasteiger partial charge >= 0.3 is 6.09 Å². The number of rotatable bonds is 2. The molecular weight excluding hydrogens is 286 g/mol. The van der Waals surface area contributed by atoms with E-state index in [-0.39, 0.29) is 11.7 Å². The molecule has 0 radical (unpaired) electrons. The fraction of sp³-hybridized carbons (Fsp3) is 0.733. The number of thiazole rings is 1. The fourth-order valence-corrected chi connectivity index (χ4v) is 4.93. The maximum Gasteiger partial charge on any atom is 0.410 e. The number of carbonyl (C=O) groups is 1. The van der Waals surface area contributed by atoms with Crippen LogP contribution in [0.2, 0.25) is 0 Å². The second-order valence-corrected chi connectivity index (χ2v) is 7.72. The van der Waals surface area contributed by atoms with E-state index in [0.29, 0.717) is 0 Å². The number of hydrogen-bond donors (Lipinski definition) is 0. The minimum atomic E-state index is -0.275. The molecule has 5 nitrogen and oxygen atoms in total. The van der Waals surface area contributed by atoms with Gasteiger partial charge in [0.2, 0.25) is 0 Å². The Morgan fingerprint density at radius 2 is 2.19 bits per heavy atom. The molecule has 21 heavy (non-hydrogen) atoms. The molecule has 2 saturated heterocycles. The molecule has 4 rings (SSSR count). The normalized spacial score (nSPS) is 29.2. The number of aromatic nitrogens is 1. The van der Waals surface area contributed by atoms with Crippen LogP contribution >= 0.6 is 11.3 Å². The predicted molar refractivity (Wildman–Crippen MR) is 80.5 cm³/mol. The largest absolute Gasteiger partial charge is 0.439 e. The first-order valence-corrected chi connectivity index (χ1v) is 8.59. The number of fused-ring (bicyclic) bond motifs is 1. The number of carbonyl (C=O) groups excluding carboxylic acids is 1. The molecule has 1 aromatic rings. The van der Waals surface area contributed by atoms with Gasteiger partial charge in [-0.3, -0.25) is 4.90 Å². The minimum absolute atomic E-state index is 0.179. The third-order valence-corrected chi connectivity index (χ3v) is 5.93. The van der Waals surface area contributed by atoms with E-state index in [2.05, 4.69) is 4.90 Å². The van der Waals surface area contributed by atoms with Gasteiger partial charge in [-0.1, -0.05) is 0 Å². The van der Waals surface area contributed by atoms with Gasteiger partial charge in [-0.25, -0.2) is 9.78 Å². The van der Waals surface area contributed by atoms with Crippen LogP contribution in [0.5, 0.6) is 0 Å². The lowest BCUT2D eigenvalue weighted by molar-refractivity contribution is 0.0627. The minimum Gasteiger partial charge on any atom is -0.439 e. The summed E-state index contributed by atoms with van der Waals surface area (Å²) in [5, 5.41) is 1.23. The maximum absolute atomic E-state index is 11.6. The summed E-state index contributed by atoms with van der Waals surface area (Å²) in [7, 11) is 1.81. The van der Waals surface area contributed by atoms with E-state index in [4.69, 9.17) is 9.72 Å². The van der Waals surface area contributed by atoms with Gasteiger partial charge in [0.15, 0.2) is 0 Å². The molecule has 2 fully saturated rings. The van der Waals surface area contributed by atoms with Crippen LogP contribution < -0.4 is 0 Å². The summed E-state index contributed by atoms with van der Waals surface area (Å²) in [5.41, 5.74) is 1.06. The maximum atomic E-state index is 11.6. The number of ether oxygens (including phenoxy) is 1. The first kappa shape index (κ1) is 13.5. The van der Waals surface area contributed by atoms with Gasteiger partial charge in [0.1, 0.15) is 10.6 Å². The van der Waals surface area contributed by atoms with Gasteiger partial charge in [0, 0.05) is 31.4 Å². The van der Waals surface area contributed by atoms with Crippen LogP contribution in [0.4, 0.5) is 4.79 Å². The van der Waals surface area contributed by atoms with Crippen LogP contribution in [-0.4, -0.2) is 53.2 Å². The third-order valence-electron chi connectivity index (χ3n) is 4.79. The van der Waals surface area contributed by atoms with Crippen molar-refractivity contribution in [3.8, 4) is 0 Å². The molecule has 0 bridgehead atoms. The lowest BCUT2D eigenvalue weighted by Gasteiger charge is -2.21. The van der Waals surface area contributed by atoms with Gasteiger partial charge in [-0.2, -0.15) is 0 Å². The zero-order valence-electron chi connectivity index (χ0n) is 12.4. The smallest absolute Gasteiger partial charge is 0.410 e. The van der Waals surface area contributed by atoms with Crippen molar-refractivity contribution in [2.24, 2.45) is 0 Å². The molecule has 6 heteroatoms. The first-order chi connectivity index (χ1) is 10.1. The Bertz CT molecular complexity index is 550. The summed E-state index contributed by atoms with van der Waals surface area (Å²) < 4.78 is 5.60. The number of nitrogens with zero attached hydrogens (tertiary/aromatic N) is 3. The monoisotopic (exact) mass is 307 g/mol. The van der Waals surface area contributed by atoms with Crippen molar-refractivity contribution in [2.75, 3.05) is 26.7 Å². The van der Waals surface area contributed by atoms with E-state index in [1.54, 1.807) is 4.90 Å². The third kappa shape index (κ3) is 2.44. The SMILES string of the molecule is CN1C[C@@]2(CCN(Cc3nc4c(s3)CCCC4)C2)OC1=O. The highest BCUT2D eigenvalue weighted by molar-refractivity contribution is 7.11. The highest BCUT2D eigenvalue weighted by atomic mass is 32.1. The van der Waals surface area contributed by atoms with E-state index >= 15 is 0 Å². The Hall–Kier alpha value is -1.14. The molecule has 1 atom stereocenters. The Kier molecular flexibility index (Phi) is 3.19. The predicted octanol–water partition coefficient (Wildman–Crippen LogP) is 2.05. The van der Waals surface area contributed by atoms with E-state index in [1.807, 2.05) is 18.4 Å². The second-order valence-electron chi connectivity index (χ2n) is 6.55. The molecule has 3 aliphatic rings. The quantitative estimate of drug-likeness (QED) is 0.839. The lowest BCUT2D eigenvalue weighted by Crippen LogP contribution is -2.37. The summed E-state index contributed by atoms with van der Waals surface area (Å²) in [6.45, 7) is 3.45. The van der Waals surface area contributed by atoms with E-state index < -0.39 is 0 Å². The topological polar surface area (TPSA) is 45.7 Å². The van der Waals surface area contributed by atoms with Crippen LogP contribution in [0, 0.1) is 0 Å². The van der Waals surface area contributed by atoms with Crippen molar-refractivity contribution in [2.45, 2.75) is 44.2 Å². The Morgan fingerprint density at radius 1 is 1.33 bits per heavy atom. The van der Waals surface area contributed by atoms with Gasteiger partial charge in [-0.15, -0.1) is 11.3 Å². The molecule has 0 unspecified atom stereocenters. The zero-order chi connectivity index (χ0) is 14.4. The summed E-state index contributed by atoms with van der Waals surface area (Å²) in [6.07, 6.45) is 5.71. The van der Waals surface area contributed by atoms with E-state index in [0.717, 1.165) is 39.0 Å². The number of likely N-dealkylation sites (N-methyl/N-ethyl adjacent to an activating group) is 1. The van der Waals surface area contributed by atoms with Crippen LogP contribution in [-0.2, 0) is 24.1 Å². The molecule has 3 heterocycles. The first-order valence-electron chi connectivity index (χ1n) is 7.77. The highest BCUT2D eigenvalue weighted by Crippen LogP contribution is 2.33. The number of likely N-dealkylation sites (tertiary alicyclic amines) is 1. The van der Waals surface area contributed by atoms with E-state index in [1.165, 1.54) is 34.8 Å². The average molecular weight is 307 g/mol. The van der Waals surface area contributed by atoms with Gasteiger partial charge in [0.25, 0.3) is 0 Å². The Balaban J connectivity index is 1.42. The average Bonchev–Trinajstić information content (AvgIpc) is 3.09. The number of aryl methyl sites for hydroxylation is 2. The van der Waals surface area contributed by atoms with Crippen LogP contribution in [0.1, 0.15) is 34.8 Å². The van der Waals surface area contributed by atoms with Crippen LogP contribution in [0.25, 0.3) is 0 Å². The summed E-state index contributed by atoms with van der Waals surface area (Å²) >= 11 is 1.88. The second kappa shape index (κ2) is 4.95. The molecule has 114 valence electrons. The molecule has 1 aromatic heterocycles. The van der Waals surface area contributed by atoms with Gasteiger partial charge in [0.05, 0.1) is 18.8 Å². The van der Waals surface area contributed by atoms with Gasteiger partial charge in [-0.05, 0) is 25.7 Å². The summed E-state index contributed by atoms with van der Waals surface area (Å²) in [5.74, 6) is 0. The lowest BCUT2D eigenvalue weighted by atomic mass is 10.0. The zero-order valence-corrected chi connectivity index (χ0v) is 13.2. The molecule has 1 aliphatic carbocycles. The van der Waals surface area contributed by atoms with Crippen molar-refractivity contribution >= 4 is 17.4 Å². The Morgan fingerprint density at radius 3 is 2.95 bits per heavy atom. The molecule has 2 aliphatic heterocycles. The summed E-state index contributed by atoms with van der Waals surface area (Å²) in [6, 6.07) is 0. The highest BCUT2D eigenvalue weighted by Gasteiger charge is 2.48. The molecule has 0 saturated carbocycles. The number of amides is 1. The van der Waals surface area contributed by atoms with Crippen LogP contribution in [0.15, 0.2) is 0 Å². The molecule has 0 N–H and O–H groups in total. The van der Waals surface area contributed by atoms with Crippen molar-refractivity contribution < 1.29 is 9.53 Å². The molecule has 1 amide bonds. The summed E-state index contributed by atoms with van der Waals surface area (Å²) in [4.78, 5) is 22.0.